The molecule has 0 saturated carbocycles. The van der Waals surface area contributed by atoms with Crippen LogP contribution in [-0.2, 0) is 17.6 Å². The van der Waals surface area contributed by atoms with Gasteiger partial charge in [-0.25, -0.2) is 0 Å². The van der Waals surface area contributed by atoms with E-state index in [1.165, 1.54) is 0 Å². The molecule has 1 atom stereocenters. The molecular formula is C21H21N5O2. The summed E-state index contributed by atoms with van der Waals surface area (Å²) in [5.41, 5.74) is 8.82. The third kappa shape index (κ3) is 3.36. The normalized spacial score (nSPS) is 19.3. The van der Waals surface area contributed by atoms with Gasteiger partial charge >= 0.3 is 0 Å². The van der Waals surface area contributed by atoms with Crippen LogP contribution in [0.3, 0.4) is 0 Å². The maximum atomic E-state index is 11.8. The van der Waals surface area contributed by atoms with E-state index in [2.05, 4.69) is 20.2 Å². The molecule has 0 radical (unpaired) electrons. The summed E-state index contributed by atoms with van der Waals surface area (Å²) in [5.74, 6) is -0.678. The summed E-state index contributed by atoms with van der Waals surface area (Å²) in [6.07, 6.45) is 5.71. The second-order valence-corrected chi connectivity index (χ2v) is 7.03. The van der Waals surface area contributed by atoms with Crippen molar-refractivity contribution in [2.75, 3.05) is 0 Å². The van der Waals surface area contributed by atoms with Crippen LogP contribution in [0.15, 0.2) is 48.8 Å². The molecule has 7 nitrogen and oxygen atoms in total. The lowest BCUT2D eigenvalue weighted by molar-refractivity contribution is -0.137. The maximum Gasteiger partial charge on any atom is 0.249 e. The fourth-order valence-electron chi connectivity index (χ4n) is 3.72. The Hall–Kier alpha value is -3.19. The molecule has 1 amide bonds. The monoisotopic (exact) mass is 375 g/mol. The van der Waals surface area contributed by atoms with Gasteiger partial charge < -0.3 is 10.8 Å². The Labute approximate surface area is 162 Å². The first kappa shape index (κ1) is 18.2. The van der Waals surface area contributed by atoms with E-state index in [0.29, 0.717) is 37.1 Å². The van der Waals surface area contributed by atoms with Crippen LogP contribution in [0.2, 0.25) is 0 Å². The summed E-state index contributed by atoms with van der Waals surface area (Å²) in [6, 6.07) is 11.3. The topological polar surface area (TPSA) is 115 Å². The lowest BCUT2D eigenvalue weighted by Crippen LogP contribution is -2.45. The Bertz CT molecular complexity index is 994. The molecule has 0 saturated heterocycles. The number of aromatic nitrogens is 4. The van der Waals surface area contributed by atoms with Crippen LogP contribution in [0.5, 0.6) is 0 Å². The summed E-state index contributed by atoms with van der Waals surface area (Å²) in [7, 11) is 0. The predicted octanol–water partition coefficient (Wildman–Crippen LogP) is 2.09. The first-order valence-electron chi connectivity index (χ1n) is 9.32. The van der Waals surface area contributed by atoms with Crippen molar-refractivity contribution >= 4 is 5.91 Å². The van der Waals surface area contributed by atoms with Crippen LogP contribution in [0, 0.1) is 0 Å². The van der Waals surface area contributed by atoms with Crippen LogP contribution in [-0.4, -0.2) is 36.8 Å². The molecule has 3 aromatic rings. The van der Waals surface area contributed by atoms with Gasteiger partial charge in [-0.1, -0.05) is 12.1 Å². The Balaban J connectivity index is 1.87. The van der Waals surface area contributed by atoms with E-state index in [1.807, 2.05) is 36.4 Å². The number of nitrogens with zero attached hydrogens (tertiary/aromatic N) is 4. The molecule has 3 heterocycles. The zero-order chi connectivity index (χ0) is 19.6. The predicted molar refractivity (Wildman–Crippen MR) is 104 cm³/mol. The lowest BCUT2D eigenvalue weighted by atomic mass is 9.82. The summed E-state index contributed by atoms with van der Waals surface area (Å²) in [4.78, 5) is 20.7. The summed E-state index contributed by atoms with van der Waals surface area (Å²) < 4.78 is 0. The zero-order valence-electron chi connectivity index (χ0n) is 15.4. The molecule has 0 aromatic carbocycles. The highest BCUT2D eigenvalue weighted by Gasteiger charge is 2.35. The highest BCUT2D eigenvalue weighted by molar-refractivity contribution is 5.83. The zero-order valence-corrected chi connectivity index (χ0v) is 15.4. The molecule has 3 N–H and O–H groups in total. The van der Waals surface area contributed by atoms with Crippen molar-refractivity contribution in [3.05, 3.63) is 59.9 Å². The van der Waals surface area contributed by atoms with Gasteiger partial charge in [-0.3, -0.25) is 14.8 Å². The Morgan fingerprint density at radius 3 is 1.96 bits per heavy atom. The summed E-state index contributed by atoms with van der Waals surface area (Å²) in [5, 5.41) is 19.6. The van der Waals surface area contributed by atoms with E-state index in [4.69, 9.17) is 5.73 Å². The van der Waals surface area contributed by atoms with Crippen molar-refractivity contribution in [2.24, 2.45) is 5.73 Å². The minimum atomic E-state index is -1.51. The number of carbonyl (C=O) groups excluding carboxylic acids is 1. The van der Waals surface area contributed by atoms with Crippen molar-refractivity contribution in [2.45, 2.75) is 37.7 Å². The Kier molecular flexibility index (Phi) is 4.83. The van der Waals surface area contributed by atoms with Gasteiger partial charge in [-0.05, 0) is 67.5 Å². The smallest absolute Gasteiger partial charge is 0.249 e. The number of hydrogen-bond acceptors (Lipinski definition) is 6. The van der Waals surface area contributed by atoms with E-state index >= 15 is 0 Å². The minimum absolute atomic E-state index is 0.239. The Morgan fingerprint density at radius 1 is 0.893 bits per heavy atom. The van der Waals surface area contributed by atoms with Gasteiger partial charge in [0.1, 0.15) is 17.0 Å². The molecule has 1 aliphatic rings. The largest absolute Gasteiger partial charge is 0.380 e. The molecule has 142 valence electrons. The first-order valence-corrected chi connectivity index (χ1v) is 9.32. The number of pyridine rings is 2. The summed E-state index contributed by atoms with van der Waals surface area (Å²) >= 11 is 0. The maximum absolute atomic E-state index is 11.8. The van der Waals surface area contributed by atoms with Gasteiger partial charge in [0, 0.05) is 12.4 Å². The van der Waals surface area contributed by atoms with Gasteiger partial charge in [0.2, 0.25) is 5.91 Å². The number of primary amides is 1. The Morgan fingerprint density at radius 2 is 1.46 bits per heavy atom. The number of nitrogens with two attached hydrogens (primary N) is 1. The fourth-order valence-corrected chi connectivity index (χ4v) is 3.72. The number of fused-ring (bicyclic) bond motifs is 1. The molecule has 1 aliphatic carbocycles. The van der Waals surface area contributed by atoms with Gasteiger partial charge in [0.15, 0.2) is 0 Å². The van der Waals surface area contributed by atoms with Gasteiger partial charge in [0.25, 0.3) is 0 Å². The molecule has 0 fully saturated rings. The van der Waals surface area contributed by atoms with Crippen molar-refractivity contribution in [3.8, 4) is 22.8 Å². The van der Waals surface area contributed by atoms with Crippen molar-refractivity contribution in [3.63, 3.8) is 0 Å². The molecule has 0 bridgehead atoms. The standard InChI is InChI=1S/C21H21N5O2/c22-20(27)21(28)10-5-6-14-15(9-11-21)19(17-8-2-4-13-24-17)26-25-18(14)16-7-1-3-12-23-16/h1-4,7-8,12-13,28H,5-6,9-11H2,(H2,22,27)/t21-/m0/s1. The van der Waals surface area contributed by atoms with E-state index in [0.717, 1.165) is 22.5 Å². The van der Waals surface area contributed by atoms with Crippen LogP contribution >= 0.6 is 0 Å². The number of aliphatic hydroxyl groups is 1. The molecule has 28 heavy (non-hydrogen) atoms. The SMILES string of the molecule is NC(=O)[C@]1(O)CCCc2c(-c3ccccn3)nnc(-c3ccccn3)c2CC1. The van der Waals surface area contributed by atoms with Gasteiger partial charge in [0.05, 0.1) is 11.4 Å². The lowest BCUT2D eigenvalue weighted by Gasteiger charge is -2.28. The van der Waals surface area contributed by atoms with Crippen LogP contribution in [0.1, 0.15) is 30.4 Å². The summed E-state index contributed by atoms with van der Waals surface area (Å²) in [6.45, 7) is 0. The van der Waals surface area contributed by atoms with Crippen molar-refractivity contribution < 1.29 is 9.90 Å². The molecule has 4 rings (SSSR count). The van der Waals surface area contributed by atoms with Gasteiger partial charge in [-0.15, -0.1) is 10.2 Å². The van der Waals surface area contributed by atoms with Crippen molar-refractivity contribution in [1.82, 2.24) is 20.2 Å². The number of hydrogen-bond donors (Lipinski definition) is 2. The highest BCUT2D eigenvalue weighted by atomic mass is 16.3. The number of carbonyl (C=O) groups is 1. The molecule has 0 unspecified atom stereocenters. The van der Waals surface area contributed by atoms with Crippen LogP contribution < -0.4 is 5.73 Å². The van der Waals surface area contributed by atoms with E-state index in [9.17, 15) is 9.90 Å². The number of rotatable bonds is 3. The highest BCUT2D eigenvalue weighted by Crippen LogP contribution is 2.35. The molecule has 7 heteroatoms. The third-order valence-electron chi connectivity index (χ3n) is 5.27. The first-order chi connectivity index (χ1) is 13.6. The van der Waals surface area contributed by atoms with E-state index in [1.54, 1.807) is 12.4 Å². The average molecular weight is 375 g/mol. The molecular weight excluding hydrogens is 354 g/mol. The second-order valence-electron chi connectivity index (χ2n) is 7.03. The van der Waals surface area contributed by atoms with Crippen LogP contribution in [0.25, 0.3) is 22.8 Å². The molecule has 0 spiro atoms. The second kappa shape index (κ2) is 7.44. The molecule has 3 aromatic heterocycles. The van der Waals surface area contributed by atoms with Crippen LogP contribution in [0.4, 0.5) is 0 Å². The third-order valence-corrected chi connectivity index (χ3v) is 5.27. The van der Waals surface area contributed by atoms with Crippen molar-refractivity contribution in [1.29, 1.82) is 0 Å². The fraction of sp³-hybridized carbons (Fsp3) is 0.286. The van der Waals surface area contributed by atoms with E-state index < -0.39 is 11.5 Å². The molecule has 0 aliphatic heterocycles. The van der Waals surface area contributed by atoms with Gasteiger partial charge in [-0.2, -0.15) is 0 Å². The quantitative estimate of drug-likeness (QED) is 0.724. The van der Waals surface area contributed by atoms with E-state index in [-0.39, 0.29) is 6.42 Å². The number of amides is 1. The minimum Gasteiger partial charge on any atom is -0.380 e. The average Bonchev–Trinajstić information content (AvgIpc) is 2.72.